The second-order valence-corrected chi connectivity index (χ2v) is 4.76. The maximum atomic E-state index is 3.48. The molecule has 0 fully saturated rings. The van der Waals surface area contributed by atoms with Crippen molar-refractivity contribution in [3.63, 3.8) is 0 Å². The number of hydrogen-bond donors (Lipinski definition) is 0. The lowest BCUT2D eigenvalue weighted by Crippen LogP contribution is -2.30. The lowest BCUT2D eigenvalue weighted by molar-refractivity contribution is 0.231. The molecule has 0 radical (unpaired) electrons. The zero-order valence-corrected chi connectivity index (χ0v) is 11.6. The first-order valence-corrected chi connectivity index (χ1v) is 7.18. The highest BCUT2D eigenvalue weighted by molar-refractivity contribution is 9.09. The summed E-state index contributed by atoms with van der Waals surface area (Å²) < 4.78 is 0. The molecule has 0 heterocycles. The molecule has 2 heteroatoms. The zero-order chi connectivity index (χ0) is 10.8. The maximum absolute atomic E-state index is 3.48. The second kappa shape index (κ2) is 9.97. The van der Waals surface area contributed by atoms with E-state index in [1.54, 1.807) is 0 Å². The van der Waals surface area contributed by atoms with E-state index in [1.165, 1.54) is 45.3 Å². The molecule has 0 amide bonds. The quantitative estimate of drug-likeness (QED) is 0.450. The van der Waals surface area contributed by atoms with Gasteiger partial charge in [0.25, 0.3) is 0 Å². The lowest BCUT2D eigenvalue weighted by Gasteiger charge is -2.24. The van der Waals surface area contributed by atoms with Gasteiger partial charge in [-0.3, -0.25) is 0 Å². The SMILES string of the molecule is CCC(CC)CN(CC)CCCCBr. The Labute approximate surface area is 98.4 Å². The summed E-state index contributed by atoms with van der Waals surface area (Å²) in [6, 6.07) is 0. The van der Waals surface area contributed by atoms with Gasteiger partial charge in [0.15, 0.2) is 0 Å². The smallest absolute Gasteiger partial charge is 0.00317 e. The molecular weight excluding hydrogens is 238 g/mol. The van der Waals surface area contributed by atoms with Gasteiger partial charge in [0, 0.05) is 11.9 Å². The number of alkyl halides is 1. The minimum Gasteiger partial charge on any atom is -0.303 e. The van der Waals surface area contributed by atoms with Gasteiger partial charge in [-0.25, -0.2) is 0 Å². The third-order valence-electron chi connectivity index (χ3n) is 2.98. The molecule has 1 nitrogen and oxygen atoms in total. The Morgan fingerprint density at radius 2 is 1.71 bits per heavy atom. The normalized spacial score (nSPS) is 11.6. The van der Waals surface area contributed by atoms with Crippen LogP contribution in [-0.2, 0) is 0 Å². The lowest BCUT2D eigenvalue weighted by atomic mass is 10.0. The predicted octanol–water partition coefficient (Wildman–Crippen LogP) is 3.92. The average molecular weight is 264 g/mol. The number of rotatable bonds is 9. The first kappa shape index (κ1) is 14.4. The van der Waals surface area contributed by atoms with E-state index >= 15 is 0 Å². The molecule has 0 N–H and O–H groups in total. The van der Waals surface area contributed by atoms with Gasteiger partial charge in [0.05, 0.1) is 0 Å². The van der Waals surface area contributed by atoms with Crippen molar-refractivity contribution >= 4 is 15.9 Å². The van der Waals surface area contributed by atoms with Gasteiger partial charge >= 0.3 is 0 Å². The summed E-state index contributed by atoms with van der Waals surface area (Å²) in [6.45, 7) is 10.7. The summed E-state index contributed by atoms with van der Waals surface area (Å²) in [7, 11) is 0. The van der Waals surface area contributed by atoms with E-state index in [9.17, 15) is 0 Å². The van der Waals surface area contributed by atoms with Gasteiger partial charge < -0.3 is 4.90 Å². The highest BCUT2D eigenvalue weighted by Crippen LogP contribution is 2.10. The Kier molecular flexibility index (Phi) is 10.3. The first-order valence-electron chi connectivity index (χ1n) is 6.06. The maximum Gasteiger partial charge on any atom is 0.00317 e. The van der Waals surface area contributed by atoms with Crippen molar-refractivity contribution in [1.82, 2.24) is 4.90 Å². The summed E-state index contributed by atoms with van der Waals surface area (Å²) in [5.41, 5.74) is 0. The van der Waals surface area contributed by atoms with Crippen molar-refractivity contribution in [1.29, 1.82) is 0 Å². The third kappa shape index (κ3) is 6.83. The highest BCUT2D eigenvalue weighted by Gasteiger charge is 2.08. The molecule has 0 aliphatic heterocycles. The fourth-order valence-corrected chi connectivity index (χ4v) is 2.12. The zero-order valence-electron chi connectivity index (χ0n) is 10.1. The summed E-state index contributed by atoms with van der Waals surface area (Å²) in [4.78, 5) is 2.60. The number of hydrogen-bond acceptors (Lipinski definition) is 1. The molecule has 0 atom stereocenters. The van der Waals surface area contributed by atoms with Crippen LogP contribution >= 0.6 is 15.9 Å². The van der Waals surface area contributed by atoms with Gasteiger partial charge in [0.1, 0.15) is 0 Å². The Bertz CT molecular complexity index is 113. The van der Waals surface area contributed by atoms with E-state index in [2.05, 4.69) is 41.6 Å². The average Bonchev–Trinajstić information content (AvgIpc) is 2.23. The molecule has 0 aromatic rings. The summed E-state index contributed by atoms with van der Waals surface area (Å²) in [5.74, 6) is 0.902. The fraction of sp³-hybridized carbons (Fsp3) is 1.00. The number of halogens is 1. The van der Waals surface area contributed by atoms with Crippen molar-refractivity contribution in [2.24, 2.45) is 5.92 Å². The molecule has 0 bridgehead atoms. The Hall–Kier alpha value is 0.440. The van der Waals surface area contributed by atoms with E-state index in [4.69, 9.17) is 0 Å². The molecule has 0 aromatic heterocycles. The minimum absolute atomic E-state index is 0.902. The van der Waals surface area contributed by atoms with E-state index < -0.39 is 0 Å². The van der Waals surface area contributed by atoms with E-state index in [1.807, 2.05) is 0 Å². The molecule has 0 aromatic carbocycles. The van der Waals surface area contributed by atoms with E-state index in [0.717, 1.165) is 11.2 Å². The fourth-order valence-electron chi connectivity index (χ4n) is 1.72. The van der Waals surface area contributed by atoms with Crippen LogP contribution < -0.4 is 0 Å². The van der Waals surface area contributed by atoms with Crippen molar-refractivity contribution in [3.05, 3.63) is 0 Å². The first-order chi connectivity index (χ1) is 6.78. The number of unbranched alkanes of at least 4 members (excludes halogenated alkanes) is 1. The molecule has 86 valence electrons. The van der Waals surface area contributed by atoms with Crippen molar-refractivity contribution in [2.45, 2.75) is 46.5 Å². The van der Waals surface area contributed by atoms with Gasteiger partial charge in [-0.1, -0.05) is 49.5 Å². The monoisotopic (exact) mass is 263 g/mol. The molecule has 0 aliphatic rings. The van der Waals surface area contributed by atoms with Crippen LogP contribution in [0.15, 0.2) is 0 Å². The summed E-state index contributed by atoms with van der Waals surface area (Å²) in [5, 5.41) is 1.15. The van der Waals surface area contributed by atoms with Crippen molar-refractivity contribution in [3.8, 4) is 0 Å². The molecular formula is C12H26BrN. The van der Waals surface area contributed by atoms with Crippen LogP contribution in [0.3, 0.4) is 0 Å². The highest BCUT2D eigenvalue weighted by atomic mass is 79.9. The van der Waals surface area contributed by atoms with E-state index in [0.29, 0.717) is 0 Å². The van der Waals surface area contributed by atoms with Crippen molar-refractivity contribution in [2.75, 3.05) is 25.0 Å². The molecule has 0 saturated heterocycles. The minimum atomic E-state index is 0.902. The van der Waals surface area contributed by atoms with E-state index in [-0.39, 0.29) is 0 Å². The van der Waals surface area contributed by atoms with Gasteiger partial charge in [-0.2, -0.15) is 0 Å². The molecule has 0 rings (SSSR count). The van der Waals surface area contributed by atoms with Gasteiger partial charge in [0.2, 0.25) is 0 Å². The third-order valence-corrected chi connectivity index (χ3v) is 3.54. The predicted molar refractivity (Wildman–Crippen MR) is 69.2 cm³/mol. The van der Waals surface area contributed by atoms with Gasteiger partial charge in [-0.05, 0) is 31.8 Å². The molecule has 0 saturated carbocycles. The molecule has 0 aliphatic carbocycles. The van der Waals surface area contributed by atoms with Gasteiger partial charge in [-0.15, -0.1) is 0 Å². The van der Waals surface area contributed by atoms with Crippen LogP contribution in [0, 0.1) is 5.92 Å². The standard InChI is InChI=1S/C12H26BrN/c1-4-12(5-2)11-14(6-3)10-8-7-9-13/h12H,4-11H2,1-3H3. The summed E-state index contributed by atoms with van der Waals surface area (Å²) >= 11 is 3.48. The van der Waals surface area contributed by atoms with Crippen LogP contribution in [0.25, 0.3) is 0 Å². The van der Waals surface area contributed by atoms with Crippen LogP contribution in [0.2, 0.25) is 0 Å². The topological polar surface area (TPSA) is 3.24 Å². The Morgan fingerprint density at radius 3 is 2.14 bits per heavy atom. The molecule has 0 unspecified atom stereocenters. The Morgan fingerprint density at radius 1 is 1.07 bits per heavy atom. The van der Waals surface area contributed by atoms with Crippen LogP contribution in [0.4, 0.5) is 0 Å². The van der Waals surface area contributed by atoms with Crippen LogP contribution in [-0.4, -0.2) is 29.9 Å². The molecule has 0 spiro atoms. The second-order valence-electron chi connectivity index (χ2n) is 3.97. The Balaban J connectivity index is 3.65. The molecule has 14 heavy (non-hydrogen) atoms. The van der Waals surface area contributed by atoms with Crippen LogP contribution in [0.1, 0.15) is 46.5 Å². The van der Waals surface area contributed by atoms with Crippen LogP contribution in [0.5, 0.6) is 0 Å². The largest absolute Gasteiger partial charge is 0.303 e. The van der Waals surface area contributed by atoms with Crippen molar-refractivity contribution < 1.29 is 0 Å². The number of nitrogens with zero attached hydrogens (tertiary/aromatic N) is 1. The summed E-state index contributed by atoms with van der Waals surface area (Å²) in [6.07, 6.45) is 5.29.